The fourth-order valence-electron chi connectivity index (χ4n) is 3.17. The van der Waals surface area contributed by atoms with E-state index in [0.717, 1.165) is 6.07 Å². The van der Waals surface area contributed by atoms with Crippen molar-refractivity contribution in [2.24, 2.45) is 11.3 Å². The van der Waals surface area contributed by atoms with Crippen LogP contribution in [0.2, 0.25) is 0 Å². The highest BCUT2D eigenvalue weighted by Gasteiger charge is 2.50. The van der Waals surface area contributed by atoms with Crippen molar-refractivity contribution < 1.29 is 23.5 Å². The first kappa shape index (κ1) is 14.9. The summed E-state index contributed by atoms with van der Waals surface area (Å²) >= 11 is 0. The van der Waals surface area contributed by atoms with Crippen LogP contribution in [0, 0.1) is 23.0 Å². The van der Waals surface area contributed by atoms with Gasteiger partial charge in [-0.1, -0.05) is 6.07 Å². The Bertz CT molecular complexity index is 648. The first-order valence-corrected chi connectivity index (χ1v) is 7.29. The Morgan fingerprint density at radius 3 is 2.68 bits per heavy atom. The third-order valence-corrected chi connectivity index (χ3v) is 4.77. The lowest BCUT2D eigenvalue weighted by atomic mass is 9.90. The van der Waals surface area contributed by atoms with Gasteiger partial charge in [-0.25, -0.2) is 8.78 Å². The zero-order chi connectivity index (χ0) is 16.1. The van der Waals surface area contributed by atoms with Crippen molar-refractivity contribution in [2.45, 2.75) is 25.7 Å². The first-order chi connectivity index (χ1) is 10.3. The summed E-state index contributed by atoms with van der Waals surface area (Å²) in [5, 5.41) is 9.20. The highest BCUT2D eigenvalue weighted by molar-refractivity contribution is 5.85. The second-order valence-electron chi connectivity index (χ2n) is 6.49. The summed E-state index contributed by atoms with van der Waals surface area (Å²) in [4.78, 5) is 25.2. The van der Waals surface area contributed by atoms with E-state index in [4.69, 9.17) is 0 Å². The molecular formula is C16H17F2NO3. The van der Waals surface area contributed by atoms with Crippen molar-refractivity contribution in [3.05, 3.63) is 35.4 Å². The molecule has 0 spiro atoms. The van der Waals surface area contributed by atoms with Gasteiger partial charge in [0.1, 0.15) is 11.6 Å². The number of rotatable bonds is 3. The molecule has 1 aromatic carbocycles. The Morgan fingerprint density at radius 2 is 2.09 bits per heavy atom. The molecule has 1 heterocycles. The van der Waals surface area contributed by atoms with E-state index in [1.165, 1.54) is 12.1 Å². The highest BCUT2D eigenvalue weighted by Crippen LogP contribution is 2.50. The molecule has 0 unspecified atom stereocenters. The topological polar surface area (TPSA) is 57.6 Å². The molecule has 4 nitrogen and oxygen atoms in total. The lowest BCUT2D eigenvalue weighted by molar-refractivity contribution is -0.147. The Kier molecular flexibility index (Phi) is 3.42. The van der Waals surface area contributed by atoms with E-state index in [-0.39, 0.29) is 24.3 Å². The van der Waals surface area contributed by atoms with E-state index >= 15 is 0 Å². The van der Waals surface area contributed by atoms with E-state index in [0.29, 0.717) is 24.9 Å². The maximum absolute atomic E-state index is 13.7. The summed E-state index contributed by atoms with van der Waals surface area (Å²) in [5.74, 6) is -2.85. The number of hydrogen-bond donors (Lipinski definition) is 1. The Morgan fingerprint density at radius 1 is 1.36 bits per heavy atom. The van der Waals surface area contributed by atoms with E-state index in [1.807, 2.05) is 0 Å². The number of carbonyl (C=O) groups excluding carboxylic acids is 1. The number of carbonyl (C=O) groups is 2. The molecule has 3 atom stereocenters. The predicted octanol–water partition coefficient (Wildman–Crippen LogP) is 2.39. The molecule has 3 rings (SSSR count). The van der Waals surface area contributed by atoms with E-state index in [9.17, 15) is 23.5 Å². The molecule has 1 amide bonds. The van der Waals surface area contributed by atoms with Gasteiger partial charge in [0.15, 0.2) is 0 Å². The van der Waals surface area contributed by atoms with Crippen LogP contribution in [0.5, 0.6) is 0 Å². The molecule has 1 N–H and O–H groups in total. The minimum atomic E-state index is -0.903. The molecule has 0 radical (unpaired) electrons. The summed E-state index contributed by atoms with van der Waals surface area (Å²) < 4.78 is 26.7. The van der Waals surface area contributed by atoms with Crippen LogP contribution in [0.1, 0.15) is 31.2 Å². The van der Waals surface area contributed by atoms with Gasteiger partial charge in [-0.3, -0.25) is 9.59 Å². The van der Waals surface area contributed by atoms with Gasteiger partial charge in [-0.05, 0) is 37.3 Å². The Labute approximate surface area is 126 Å². The third-order valence-electron chi connectivity index (χ3n) is 4.77. The quantitative estimate of drug-likeness (QED) is 0.932. The number of carboxylic acid groups (broad SMARTS) is 1. The van der Waals surface area contributed by atoms with Crippen LogP contribution in [0.4, 0.5) is 8.78 Å². The summed E-state index contributed by atoms with van der Waals surface area (Å²) in [5.41, 5.74) is -0.541. The smallest absolute Gasteiger partial charge is 0.311 e. The van der Waals surface area contributed by atoms with E-state index < -0.39 is 23.0 Å². The fourth-order valence-corrected chi connectivity index (χ4v) is 3.17. The molecule has 2 aliphatic rings. The van der Waals surface area contributed by atoms with Gasteiger partial charge >= 0.3 is 5.97 Å². The van der Waals surface area contributed by atoms with Gasteiger partial charge < -0.3 is 10.0 Å². The molecule has 0 aromatic heterocycles. The van der Waals surface area contributed by atoms with Crippen LogP contribution in [0.3, 0.4) is 0 Å². The minimum absolute atomic E-state index is 0.126. The number of likely N-dealkylation sites (tertiary alicyclic amines) is 1. The molecule has 1 aliphatic heterocycles. The van der Waals surface area contributed by atoms with Crippen molar-refractivity contribution in [3.8, 4) is 0 Å². The van der Waals surface area contributed by atoms with Gasteiger partial charge in [0.25, 0.3) is 0 Å². The average Bonchev–Trinajstić information content (AvgIpc) is 3.12. The third kappa shape index (κ3) is 2.46. The molecular weight excluding hydrogens is 292 g/mol. The SMILES string of the molecule is C[C@]1(C(=O)O)CCN(C(=O)[C@@H]2C[C@@H]2c2ccc(F)cc2F)C1. The predicted molar refractivity (Wildman–Crippen MR) is 74.1 cm³/mol. The number of nitrogens with zero attached hydrogens (tertiary/aromatic N) is 1. The molecule has 22 heavy (non-hydrogen) atoms. The molecule has 2 fully saturated rings. The zero-order valence-electron chi connectivity index (χ0n) is 12.2. The first-order valence-electron chi connectivity index (χ1n) is 7.29. The molecule has 1 saturated heterocycles. The average molecular weight is 309 g/mol. The van der Waals surface area contributed by atoms with Crippen molar-refractivity contribution in [3.63, 3.8) is 0 Å². The van der Waals surface area contributed by atoms with Crippen LogP contribution >= 0.6 is 0 Å². The van der Waals surface area contributed by atoms with E-state index in [2.05, 4.69) is 0 Å². The Hall–Kier alpha value is -1.98. The lowest BCUT2D eigenvalue weighted by Crippen LogP contribution is -2.35. The number of benzene rings is 1. The number of aliphatic carboxylic acids is 1. The molecule has 0 bridgehead atoms. The number of halogens is 2. The minimum Gasteiger partial charge on any atom is -0.481 e. The van der Waals surface area contributed by atoms with Crippen LogP contribution in [0.25, 0.3) is 0 Å². The summed E-state index contributed by atoms with van der Waals surface area (Å²) in [6, 6.07) is 3.40. The second-order valence-corrected chi connectivity index (χ2v) is 6.49. The normalized spacial score (nSPS) is 30.4. The van der Waals surface area contributed by atoms with Gasteiger partial charge in [-0.15, -0.1) is 0 Å². The van der Waals surface area contributed by atoms with Crippen molar-refractivity contribution in [1.29, 1.82) is 0 Å². The number of carboxylic acids is 1. The van der Waals surface area contributed by atoms with Gasteiger partial charge in [-0.2, -0.15) is 0 Å². The number of hydrogen-bond acceptors (Lipinski definition) is 2. The summed E-state index contributed by atoms with van der Waals surface area (Å²) in [6.45, 7) is 2.24. The number of amides is 1. The largest absolute Gasteiger partial charge is 0.481 e. The van der Waals surface area contributed by atoms with Crippen molar-refractivity contribution in [1.82, 2.24) is 4.90 Å². The van der Waals surface area contributed by atoms with Crippen LogP contribution in [-0.2, 0) is 9.59 Å². The maximum atomic E-state index is 13.7. The lowest BCUT2D eigenvalue weighted by Gasteiger charge is -2.20. The highest BCUT2D eigenvalue weighted by atomic mass is 19.1. The van der Waals surface area contributed by atoms with Crippen molar-refractivity contribution >= 4 is 11.9 Å². The Balaban J connectivity index is 1.68. The standard InChI is InChI=1S/C16H17F2NO3/c1-16(15(21)22)4-5-19(8-16)14(20)12-7-11(12)10-3-2-9(17)6-13(10)18/h2-3,6,11-12H,4-5,7-8H2,1H3,(H,21,22)/t11-,12-,16+/m1/s1. The monoisotopic (exact) mass is 309 g/mol. The van der Waals surface area contributed by atoms with Gasteiger partial charge in [0, 0.05) is 25.1 Å². The molecule has 1 aromatic rings. The fraction of sp³-hybridized carbons (Fsp3) is 0.500. The van der Waals surface area contributed by atoms with Crippen molar-refractivity contribution in [2.75, 3.05) is 13.1 Å². The maximum Gasteiger partial charge on any atom is 0.311 e. The van der Waals surface area contributed by atoms with Crippen LogP contribution in [-0.4, -0.2) is 35.0 Å². The van der Waals surface area contributed by atoms with Gasteiger partial charge in [0.2, 0.25) is 5.91 Å². The van der Waals surface area contributed by atoms with Gasteiger partial charge in [0.05, 0.1) is 5.41 Å². The van der Waals surface area contributed by atoms with E-state index in [1.54, 1.807) is 11.8 Å². The van der Waals surface area contributed by atoms with Crippen LogP contribution in [0.15, 0.2) is 18.2 Å². The van der Waals surface area contributed by atoms with Crippen LogP contribution < -0.4 is 0 Å². The molecule has 118 valence electrons. The summed E-state index contributed by atoms with van der Waals surface area (Å²) in [6.07, 6.45) is 0.956. The molecule has 1 aliphatic carbocycles. The molecule has 6 heteroatoms. The molecule has 1 saturated carbocycles. The second kappa shape index (κ2) is 5.04. The summed E-state index contributed by atoms with van der Waals surface area (Å²) in [7, 11) is 0. The zero-order valence-corrected chi connectivity index (χ0v) is 12.2.